The summed E-state index contributed by atoms with van der Waals surface area (Å²) in [5.41, 5.74) is 3.58. The van der Waals surface area contributed by atoms with Crippen LogP contribution in [0.3, 0.4) is 0 Å². The smallest absolute Gasteiger partial charge is 0.161 e. The highest BCUT2D eigenvalue weighted by Crippen LogP contribution is 2.34. The molecular formula is C22H19N3O3. The second-order valence-corrected chi connectivity index (χ2v) is 6.22. The number of benzene rings is 1. The van der Waals surface area contributed by atoms with Gasteiger partial charge in [-0.15, -0.1) is 0 Å². The summed E-state index contributed by atoms with van der Waals surface area (Å²) in [6.45, 7) is 0. The standard InChI is InChI=1S/C22H19N3O3/c1-27-19-6-5-15(12-20(19)28-2)22(26)21-16-4-3-9-24-18(16)13-17(25-21)14-7-10-23-11-8-14/h3-13,22,26H,1-2H3/t22-/m0/s1. The summed E-state index contributed by atoms with van der Waals surface area (Å²) < 4.78 is 10.7. The molecule has 0 spiro atoms. The van der Waals surface area contributed by atoms with Gasteiger partial charge in [0.2, 0.25) is 0 Å². The highest BCUT2D eigenvalue weighted by Gasteiger charge is 2.19. The van der Waals surface area contributed by atoms with E-state index in [1.54, 1.807) is 51.0 Å². The molecule has 0 aliphatic heterocycles. The Bertz CT molecular complexity index is 1120. The van der Waals surface area contributed by atoms with Gasteiger partial charge in [-0.05, 0) is 48.0 Å². The average Bonchev–Trinajstić information content (AvgIpc) is 2.78. The van der Waals surface area contributed by atoms with Crippen LogP contribution in [0.25, 0.3) is 22.2 Å². The lowest BCUT2D eigenvalue weighted by Crippen LogP contribution is -2.06. The van der Waals surface area contributed by atoms with Gasteiger partial charge < -0.3 is 14.6 Å². The largest absolute Gasteiger partial charge is 0.493 e. The zero-order valence-electron chi connectivity index (χ0n) is 15.5. The zero-order chi connectivity index (χ0) is 19.5. The lowest BCUT2D eigenvalue weighted by molar-refractivity contribution is 0.216. The number of aliphatic hydroxyl groups excluding tert-OH is 1. The van der Waals surface area contributed by atoms with E-state index in [9.17, 15) is 5.11 Å². The van der Waals surface area contributed by atoms with Crippen LogP contribution in [0.4, 0.5) is 0 Å². The molecule has 0 aliphatic rings. The van der Waals surface area contributed by atoms with Crippen LogP contribution in [0, 0.1) is 0 Å². The molecule has 0 radical (unpaired) electrons. The van der Waals surface area contributed by atoms with Crippen LogP contribution in [-0.4, -0.2) is 34.3 Å². The Morgan fingerprint density at radius 3 is 2.43 bits per heavy atom. The van der Waals surface area contributed by atoms with Gasteiger partial charge in [-0.2, -0.15) is 0 Å². The van der Waals surface area contributed by atoms with Crippen LogP contribution in [-0.2, 0) is 0 Å². The predicted octanol–water partition coefficient (Wildman–Crippen LogP) is 3.79. The number of hydrogen-bond donors (Lipinski definition) is 1. The van der Waals surface area contributed by atoms with Crippen LogP contribution in [0.1, 0.15) is 17.4 Å². The first-order valence-electron chi connectivity index (χ1n) is 8.77. The van der Waals surface area contributed by atoms with Crippen molar-refractivity contribution in [3.8, 4) is 22.8 Å². The molecule has 4 aromatic rings. The van der Waals surface area contributed by atoms with E-state index in [0.717, 1.165) is 22.2 Å². The first-order chi connectivity index (χ1) is 13.7. The Hall–Kier alpha value is -3.51. The predicted molar refractivity (Wildman–Crippen MR) is 106 cm³/mol. The van der Waals surface area contributed by atoms with E-state index in [4.69, 9.17) is 14.5 Å². The summed E-state index contributed by atoms with van der Waals surface area (Å²) in [6.07, 6.45) is 4.20. The highest BCUT2D eigenvalue weighted by molar-refractivity contribution is 5.85. The maximum absolute atomic E-state index is 11.1. The van der Waals surface area contributed by atoms with Gasteiger partial charge in [0, 0.05) is 29.5 Å². The summed E-state index contributed by atoms with van der Waals surface area (Å²) >= 11 is 0. The third-order valence-electron chi connectivity index (χ3n) is 4.59. The van der Waals surface area contributed by atoms with Crippen molar-refractivity contribution in [2.24, 2.45) is 0 Å². The Morgan fingerprint density at radius 1 is 0.893 bits per heavy atom. The fraction of sp³-hybridized carbons (Fsp3) is 0.136. The minimum Gasteiger partial charge on any atom is -0.493 e. The quantitative estimate of drug-likeness (QED) is 0.573. The molecule has 3 aromatic heterocycles. The first-order valence-corrected chi connectivity index (χ1v) is 8.77. The Labute approximate surface area is 162 Å². The normalized spacial score (nSPS) is 12.0. The number of aromatic nitrogens is 3. The van der Waals surface area contributed by atoms with E-state index in [1.165, 1.54) is 0 Å². The Balaban J connectivity index is 1.87. The summed E-state index contributed by atoms with van der Waals surface area (Å²) in [4.78, 5) is 13.3. The lowest BCUT2D eigenvalue weighted by Gasteiger charge is -2.16. The SMILES string of the molecule is COc1ccc([C@H](O)c2nc(-c3ccncc3)cc3ncccc23)cc1OC. The molecule has 6 heteroatoms. The summed E-state index contributed by atoms with van der Waals surface area (Å²) in [5, 5.41) is 11.9. The minimum absolute atomic E-state index is 0.532. The van der Waals surface area contributed by atoms with Crippen molar-refractivity contribution in [2.45, 2.75) is 6.10 Å². The third-order valence-corrected chi connectivity index (χ3v) is 4.59. The Morgan fingerprint density at radius 2 is 1.68 bits per heavy atom. The third kappa shape index (κ3) is 3.25. The molecule has 0 bridgehead atoms. The number of ether oxygens (including phenoxy) is 2. The number of methoxy groups -OCH3 is 2. The van der Waals surface area contributed by atoms with Crippen molar-refractivity contribution in [1.29, 1.82) is 0 Å². The number of hydrogen-bond acceptors (Lipinski definition) is 6. The number of aliphatic hydroxyl groups is 1. The number of rotatable bonds is 5. The van der Waals surface area contributed by atoms with E-state index in [1.807, 2.05) is 30.3 Å². The Kier molecular flexibility index (Phi) is 4.87. The molecule has 0 unspecified atom stereocenters. The van der Waals surface area contributed by atoms with Gasteiger partial charge in [-0.1, -0.05) is 6.07 Å². The average molecular weight is 373 g/mol. The van der Waals surface area contributed by atoms with Gasteiger partial charge in [0.15, 0.2) is 11.5 Å². The zero-order valence-corrected chi connectivity index (χ0v) is 15.5. The van der Waals surface area contributed by atoms with Crippen molar-refractivity contribution in [1.82, 2.24) is 15.0 Å². The summed E-state index contributed by atoms with van der Waals surface area (Å²) in [5.74, 6) is 1.15. The fourth-order valence-corrected chi connectivity index (χ4v) is 3.16. The maximum Gasteiger partial charge on any atom is 0.161 e. The minimum atomic E-state index is -0.951. The molecule has 4 rings (SSSR count). The van der Waals surface area contributed by atoms with Crippen LogP contribution in [0.2, 0.25) is 0 Å². The molecule has 0 aliphatic carbocycles. The van der Waals surface area contributed by atoms with Gasteiger partial charge in [-0.3, -0.25) is 9.97 Å². The van der Waals surface area contributed by atoms with E-state index in [0.29, 0.717) is 22.8 Å². The number of pyridine rings is 3. The molecule has 0 amide bonds. The maximum atomic E-state index is 11.1. The topological polar surface area (TPSA) is 77.4 Å². The highest BCUT2D eigenvalue weighted by atomic mass is 16.5. The van der Waals surface area contributed by atoms with Crippen molar-refractivity contribution < 1.29 is 14.6 Å². The fourth-order valence-electron chi connectivity index (χ4n) is 3.16. The molecule has 0 fully saturated rings. The summed E-state index contributed by atoms with van der Waals surface area (Å²) in [6, 6.07) is 14.7. The molecule has 28 heavy (non-hydrogen) atoms. The van der Waals surface area contributed by atoms with Gasteiger partial charge in [0.05, 0.1) is 31.1 Å². The molecule has 1 N–H and O–H groups in total. The molecule has 0 saturated heterocycles. The van der Waals surface area contributed by atoms with Crippen molar-refractivity contribution in [3.63, 3.8) is 0 Å². The van der Waals surface area contributed by atoms with Gasteiger partial charge in [0.1, 0.15) is 6.10 Å². The van der Waals surface area contributed by atoms with Gasteiger partial charge in [0.25, 0.3) is 0 Å². The van der Waals surface area contributed by atoms with E-state index in [2.05, 4.69) is 9.97 Å². The number of nitrogens with zero attached hydrogens (tertiary/aromatic N) is 3. The molecule has 140 valence electrons. The van der Waals surface area contributed by atoms with Gasteiger partial charge >= 0.3 is 0 Å². The van der Waals surface area contributed by atoms with Gasteiger partial charge in [-0.25, -0.2) is 4.98 Å². The molecule has 6 nitrogen and oxygen atoms in total. The van der Waals surface area contributed by atoms with E-state index >= 15 is 0 Å². The van der Waals surface area contributed by atoms with Crippen molar-refractivity contribution in [2.75, 3.05) is 14.2 Å². The summed E-state index contributed by atoms with van der Waals surface area (Å²) in [7, 11) is 3.14. The second-order valence-electron chi connectivity index (χ2n) is 6.22. The van der Waals surface area contributed by atoms with Crippen molar-refractivity contribution >= 4 is 10.9 Å². The molecule has 3 heterocycles. The van der Waals surface area contributed by atoms with Crippen LogP contribution in [0.15, 0.2) is 67.1 Å². The second kappa shape index (κ2) is 7.62. The van der Waals surface area contributed by atoms with Crippen LogP contribution >= 0.6 is 0 Å². The van der Waals surface area contributed by atoms with Crippen molar-refractivity contribution in [3.05, 3.63) is 78.4 Å². The number of fused-ring (bicyclic) bond motifs is 1. The van der Waals surface area contributed by atoms with Crippen LogP contribution in [0.5, 0.6) is 11.5 Å². The lowest BCUT2D eigenvalue weighted by atomic mass is 10.0. The monoisotopic (exact) mass is 373 g/mol. The molecule has 1 aromatic carbocycles. The van der Waals surface area contributed by atoms with E-state index < -0.39 is 6.10 Å². The first kappa shape index (κ1) is 17.9. The van der Waals surface area contributed by atoms with Crippen LogP contribution < -0.4 is 9.47 Å². The molecule has 0 saturated carbocycles. The molecular weight excluding hydrogens is 354 g/mol. The van der Waals surface area contributed by atoms with E-state index in [-0.39, 0.29) is 0 Å². The molecule has 1 atom stereocenters.